The van der Waals surface area contributed by atoms with Crippen LogP contribution in [0.5, 0.6) is 5.75 Å². The van der Waals surface area contributed by atoms with Crippen molar-refractivity contribution in [2.45, 2.75) is 38.8 Å². The Balaban J connectivity index is 1.54. The Morgan fingerprint density at radius 2 is 2.00 bits per heavy atom. The number of ether oxygens (including phenoxy) is 1. The number of aromatic nitrogens is 2. The molecule has 1 atom stereocenters. The van der Waals surface area contributed by atoms with Gasteiger partial charge in [0.25, 0.3) is 5.91 Å². The molecule has 3 heterocycles. The summed E-state index contributed by atoms with van der Waals surface area (Å²) in [5.74, 6) is 2.07. The van der Waals surface area contributed by atoms with Crippen molar-refractivity contribution in [3.05, 3.63) is 47.4 Å². The van der Waals surface area contributed by atoms with Crippen molar-refractivity contribution in [3.63, 3.8) is 0 Å². The molecule has 8 heteroatoms. The van der Waals surface area contributed by atoms with Crippen LogP contribution in [0, 0.1) is 0 Å². The Kier molecular flexibility index (Phi) is 5.83. The molecule has 1 aromatic carbocycles. The second-order valence-corrected chi connectivity index (χ2v) is 7.64. The first kappa shape index (κ1) is 20.1. The number of hydrogen-bond acceptors (Lipinski definition) is 6. The topological polar surface area (TPSA) is 87.7 Å². The zero-order valence-electron chi connectivity index (χ0n) is 17.4. The molecule has 158 valence electrons. The van der Waals surface area contributed by atoms with Gasteiger partial charge in [0.15, 0.2) is 12.4 Å². The third kappa shape index (κ3) is 4.08. The van der Waals surface area contributed by atoms with Gasteiger partial charge in [0, 0.05) is 32.6 Å². The lowest BCUT2D eigenvalue weighted by molar-refractivity contribution is -0.134. The van der Waals surface area contributed by atoms with Crippen LogP contribution in [0.3, 0.4) is 0 Å². The number of rotatable bonds is 5. The van der Waals surface area contributed by atoms with Crippen molar-refractivity contribution < 1.29 is 14.3 Å². The zero-order chi connectivity index (χ0) is 21.1. The van der Waals surface area contributed by atoms with Crippen LogP contribution in [0.4, 0.5) is 5.82 Å². The molecule has 2 aromatic rings. The number of nitrogens with one attached hydrogen (secondary N) is 1. The Hall–Kier alpha value is -3.16. The van der Waals surface area contributed by atoms with Gasteiger partial charge in [0.1, 0.15) is 11.6 Å². The van der Waals surface area contributed by atoms with Gasteiger partial charge in [-0.3, -0.25) is 9.59 Å². The molecule has 2 amide bonds. The average molecular weight is 409 g/mol. The molecule has 1 unspecified atom stereocenters. The molecule has 4 rings (SSSR count). The fraction of sp³-hybridized carbons (Fsp3) is 0.455. The van der Waals surface area contributed by atoms with Crippen molar-refractivity contribution in [1.29, 1.82) is 0 Å². The lowest BCUT2D eigenvalue weighted by atomic mass is 10.0. The highest BCUT2D eigenvalue weighted by Gasteiger charge is 2.34. The van der Waals surface area contributed by atoms with E-state index in [1.165, 1.54) is 0 Å². The molecular weight excluding hydrogens is 382 g/mol. The average Bonchev–Trinajstić information content (AvgIpc) is 3.27. The highest BCUT2D eigenvalue weighted by molar-refractivity contribution is 5.78. The number of benzene rings is 1. The number of fused-ring (bicyclic) bond motifs is 1. The molecule has 0 bridgehead atoms. The molecular formula is C22H27N5O3. The van der Waals surface area contributed by atoms with Crippen LogP contribution in [0.15, 0.2) is 30.3 Å². The third-order valence-corrected chi connectivity index (χ3v) is 5.74. The van der Waals surface area contributed by atoms with Gasteiger partial charge in [-0.2, -0.15) is 0 Å². The minimum atomic E-state index is -0.179. The molecule has 2 aliphatic rings. The number of amides is 2. The molecule has 1 aromatic heterocycles. The van der Waals surface area contributed by atoms with Gasteiger partial charge < -0.3 is 19.9 Å². The van der Waals surface area contributed by atoms with Crippen LogP contribution >= 0.6 is 0 Å². The Labute approximate surface area is 176 Å². The maximum absolute atomic E-state index is 12.9. The summed E-state index contributed by atoms with van der Waals surface area (Å²) in [5, 5.41) is 3.17. The fourth-order valence-corrected chi connectivity index (χ4v) is 4.15. The molecule has 30 heavy (non-hydrogen) atoms. The van der Waals surface area contributed by atoms with E-state index in [-0.39, 0.29) is 24.5 Å². The van der Waals surface area contributed by atoms with E-state index < -0.39 is 0 Å². The van der Waals surface area contributed by atoms with Crippen molar-refractivity contribution in [1.82, 2.24) is 19.8 Å². The number of nitrogens with zero attached hydrogens (tertiary/aromatic N) is 4. The SMILES string of the molecule is CNc1nc(C2CCCN2C(=O)COc2ccccc2)nc2c1CCN(C(C)=O)C2. The zero-order valence-corrected chi connectivity index (χ0v) is 17.4. The standard InChI is InChI=1S/C22H27N5O3/c1-15(28)26-12-10-17-18(13-26)24-22(25-21(17)23-2)19-9-6-11-27(19)20(29)14-30-16-7-4-3-5-8-16/h3-5,7-8,19H,6,9-14H2,1-2H3,(H,23,24,25). The molecule has 1 N–H and O–H groups in total. The normalized spacial score (nSPS) is 18.1. The van der Waals surface area contributed by atoms with Gasteiger partial charge in [-0.15, -0.1) is 0 Å². The van der Waals surface area contributed by atoms with E-state index in [2.05, 4.69) is 5.32 Å². The van der Waals surface area contributed by atoms with Crippen LogP contribution in [0.25, 0.3) is 0 Å². The summed E-state index contributed by atoms with van der Waals surface area (Å²) in [4.78, 5) is 37.9. The summed E-state index contributed by atoms with van der Waals surface area (Å²) < 4.78 is 5.65. The van der Waals surface area contributed by atoms with Gasteiger partial charge in [0.2, 0.25) is 5.91 Å². The van der Waals surface area contributed by atoms with E-state index in [0.29, 0.717) is 31.2 Å². The van der Waals surface area contributed by atoms with Gasteiger partial charge in [-0.25, -0.2) is 9.97 Å². The predicted molar refractivity (Wildman–Crippen MR) is 112 cm³/mol. The lowest BCUT2D eigenvalue weighted by Gasteiger charge is -2.30. The van der Waals surface area contributed by atoms with Gasteiger partial charge in [0.05, 0.1) is 18.3 Å². The van der Waals surface area contributed by atoms with Crippen LogP contribution in [-0.4, -0.2) is 58.3 Å². The van der Waals surface area contributed by atoms with E-state index >= 15 is 0 Å². The van der Waals surface area contributed by atoms with Gasteiger partial charge in [-0.05, 0) is 31.4 Å². The smallest absolute Gasteiger partial charge is 0.261 e. The lowest BCUT2D eigenvalue weighted by Crippen LogP contribution is -2.37. The summed E-state index contributed by atoms with van der Waals surface area (Å²) in [7, 11) is 1.84. The second-order valence-electron chi connectivity index (χ2n) is 7.64. The van der Waals surface area contributed by atoms with Gasteiger partial charge >= 0.3 is 0 Å². The monoisotopic (exact) mass is 409 g/mol. The maximum atomic E-state index is 12.9. The number of carbonyl (C=O) groups is 2. The molecule has 0 radical (unpaired) electrons. The van der Waals surface area contributed by atoms with Crippen LogP contribution in [0.2, 0.25) is 0 Å². The Morgan fingerprint density at radius 1 is 1.20 bits per heavy atom. The minimum absolute atomic E-state index is 0.0115. The number of likely N-dealkylation sites (tertiary alicyclic amines) is 1. The van der Waals surface area contributed by atoms with E-state index in [9.17, 15) is 9.59 Å². The molecule has 0 saturated carbocycles. The summed E-state index contributed by atoms with van der Waals surface area (Å²) in [5.41, 5.74) is 1.92. The largest absolute Gasteiger partial charge is 0.484 e. The fourth-order valence-electron chi connectivity index (χ4n) is 4.15. The Bertz CT molecular complexity index is 934. The summed E-state index contributed by atoms with van der Waals surface area (Å²) in [6, 6.07) is 9.15. The number of carbonyl (C=O) groups excluding carboxylic acids is 2. The van der Waals surface area contributed by atoms with Crippen molar-refractivity contribution in [2.75, 3.05) is 32.1 Å². The molecule has 8 nitrogen and oxygen atoms in total. The molecule has 1 saturated heterocycles. The number of anilines is 1. The molecule has 0 aliphatic carbocycles. The van der Waals surface area contributed by atoms with Crippen LogP contribution in [0.1, 0.15) is 42.9 Å². The first-order valence-corrected chi connectivity index (χ1v) is 10.4. The van der Waals surface area contributed by atoms with Gasteiger partial charge in [-0.1, -0.05) is 18.2 Å². The van der Waals surface area contributed by atoms with Crippen molar-refractivity contribution >= 4 is 17.6 Å². The molecule has 2 aliphatic heterocycles. The Morgan fingerprint density at radius 3 is 2.73 bits per heavy atom. The highest BCUT2D eigenvalue weighted by Crippen LogP contribution is 2.33. The molecule has 1 fully saturated rings. The van der Waals surface area contributed by atoms with E-state index in [1.54, 1.807) is 11.8 Å². The number of hydrogen-bond donors (Lipinski definition) is 1. The first-order chi connectivity index (χ1) is 14.6. The third-order valence-electron chi connectivity index (χ3n) is 5.74. The van der Waals surface area contributed by atoms with Crippen LogP contribution in [-0.2, 0) is 22.6 Å². The minimum Gasteiger partial charge on any atom is -0.484 e. The van der Waals surface area contributed by atoms with E-state index in [4.69, 9.17) is 14.7 Å². The van der Waals surface area contributed by atoms with E-state index in [1.807, 2.05) is 42.3 Å². The summed E-state index contributed by atoms with van der Waals surface area (Å²) in [6.07, 6.45) is 2.44. The second kappa shape index (κ2) is 8.69. The summed E-state index contributed by atoms with van der Waals surface area (Å²) in [6.45, 7) is 3.38. The quantitative estimate of drug-likeness (QED) is 0.814. The van der Waals surface area contributed by atoms with Crippen molar-refractivity contribution in [2.24, 2.45) is 0 Å². The van der Waals surface area contributed by atoms with E-state index in [0.717, 1.165) is 36.3 Å². The number of para-hydroxylation sites is 1. The summed E-state index contributed by atoms with van der Waals surface area (Å²) >= 11 is 0. The van der Waals surface area contributed by atoms with Crippen molar-refractivity contribution in [3.8, 4) is 5.75 Å². The predicted octanol–water partition coefficient (Wildman–Crippen LogP) is 2.17. The molecule has 0 spiro atoms. The first-order valence-electron chi connectivity index (χ1n) is 10.4. The maximum Gasteiger partial charge on any atom is 0.261 e. The van der Waals surface area contributed by atoms with Crippen LogP contribution < -0.4 is 10.1 Å². The highest BCUT2D eigenvalue weighted by atomic mass is 16.5.